The summed E-state index contributed by atoms with van der Waals surface area (Å²) in [6.07, 6.45) is 10.4. The van der Waals surface area contributed by atoms with Crippen LogP contribution in [-0.2, 0) is 0 Å². The highest BCUT2D eigenvalue weighted by molar-refractivity contribution is 5.90. The van der Waals surface area contributed by atoms with Crippen LogP contribution in [0.25, 0.3) is 11.0 Å². The number of fused-ring (bicyclic) bond motifs is 1. The largest absolute Gasteiger partial charge is 0.467 e. The van der Waals surface area contributed by atoms with Crippen LogP contribution in [0.4, 0.5) is 5.95 Å². The van der Waals surface area contributed by atoms with E-state index in [9.17, 15) is 4.79 Å². The SMILES string of the molecule is C#N.C1CC1.COc1nc(C(=O)NCC2CC2)nc(N2CCC(c3[nH]nc4ncccc34)CC2)n1. The zero-order valence-electron chi connectivity index (χ0n) is 20.0. The highest BCUT2D eigenvalue weighted by atomic mass is 16.5. The van der Waals surface area contributed by atoms with Crippen molar-refractivity contribution in [1.29, 1.82) is 5.26 Å². The molecule has 3 aromatic heterocycles. The van der Waals surface area contributed by atoms with Gasteiger partial charge in [0, 0.05) is 49.4 Å². The summed E-state index contributed by atoms with van der Waals surface area (Å²) in [4.78, 5) is 31.8. The first kappa shape index (κ1) is 24.3. The van der Waals surface area contributed by atoms with E-state index < -0.39 is 0 Å². The van der Waals surface area contributed by atoms with E-state index in [1.54, 1.807) is 6.20 Å². The van der Waals surface area contributed by atoms with Gasteiger partial charge in [-0.3, -0.25) is 9.89 Å². The number of carbonyl (C=O) groups is 1. The van der Waals surface area contributed by atoms with Crippen molar-refractivity contribution in [3.8, 4) is 12.6 Å². The zero-order valence-corrected chi connectivity index (χ0v) is 20.0. The lowest BCUT2D eigenvalue weighted by atomic mass is 9.92. The molecular formula is C24H31N9O2. The molecule has 3 aliphatic rings. The molecule has 0 spiro atoms. The predicted molar refractivity (Wildman–Crippen MR) is 130 cm³/mol. The van der Waals surface area contributed by atoms with Crippen LogP contribution in [0.1, 0.15) is 67.2 Å². The molecule has 11 heteroatoms. The third-order valence-corrected chi connectivity index (χ3v) is 6.14. The van der Waals surface area contributed by atoms with Crippen LogP contribution >= 0.6 is 0 Å². The van der Waals surface area contributed by atoms with Gasteiger partial charge < -0.3 is 15.0 Å². The fraction of sp³-hybridized carbons (Fsp3) is 0.542. The minimum absolute atomic E-state index is 0.102. The number of hydrogen-bond acceptors (Lipinski definition) is 9. The minimum Gasteiger partial charge on any atom is -0.467 e. The van der Waals surface area contributed by atoms with Crippen molar-refractivity contribution < 1.29 is 9.53 Å². The lowest BCUT2D eigenvalue weighted by Gasteiger charge is -2.31. The number of aromatic amines is 1. The maximum Gasteiger partial charge on any atom is 0.321 e. The fourth-order valence-corrected chi connectivity index (χ4v) is 3.87. The van der Waals surface area contributed by atoms with Gasteiger partial charge in [0.1, 0.15) is 0 Å². The lowest BCUT2D eigenvalue weighted by Crippen LogP contribution is -2.35. The Morgan fingerprint density at radius 1 is 1.17 bits per heavy atom. The molecule has 2 saturated carbocycles. The molecule has 1 aliphatic heterocycles. The Kier molecular flexibility index (Phi) is 8.03. The molecule has 11 nitrogen and oxygen atoms in total. The van der Waals surface area contributed by atoms with Gasteiger partial charge in [-0.1, -0.05) is 19.3 Å². The van der Waals surface area contributed by atoms with Crippen LogP contribution in [-0.4, -0.2) is 62.8 Å². The first-order valence-electron chi connectivity index (χ1n) is 12.1. The summed E-state index contributed by atoms with van der Waals surface area (Å²) in [7, 11) is 1.49. The zero-order chi connectivity index (χ0) is 24.6. The maximum atomic E-state index is 12.5. The molecule has 2 N–H and O–H groups in total. The number of nitrogens with one attached hydrogen (secondary N) is 2. The van der Waals surface area contributed by atoms with E-state index in [0.717, 1.165) is 42.7 Å². The van der Waals surface area contributed by atoms with E-state index in [4.69, 9.17) is 10.00 Å². The van der Waals surface area contributed by atoms with Crippen LogP contribution in [0.2, 0.25) is 0 Å². The third-order valence-electron chi connectivity index (χ3n) is 6.14. The Labute approximate surface area is 204 Å². The number of amides is 1. The number of pyridine rings is 1. The first-order valence-corrected chi connectivity index (χ1v) is 12.1. The molecule has 0 unspecified atom stereocenters. The molecule has 35 heavy (non-hydrogen) atoms. The van der Waals surface area contributed by atoms with Gasteiger partial charge in [-0.2, -0.15) is 20.1 Å². The number of carbonyl (C=O) groups excluding carboxylic acids is 1. The molecule has 3 aromatic rings. The van der Waals surface area contributed by atoms with Gasteiger partial charge in [0.05, 0.1) is 7.11 Å². The Morgan fingerprint density at radius 3 is 2.57 bits per heavy atom. The first-order chi connectivity index (χ1) is 17.2. The number of nitriles is 1. The number of nitrogens with zero attached hydrogens (tertiary/aromatic N) is 7. The highest BCUT2D eigenvalue weighted by Gasteiger charge is 2.27. The van der Waals surface area contributed by atoms with E-state index in [1.807, 2.05) is 6.07 Å². The van der Waals surface area contributed by atoms with Crippen molar-refractivity contribution in [2.75, 3.05) is 31.6 Å². The second-order valence-corrected chi connectivity index (χ2v) is 8.93. The summed E-state index contributed by atoms with van der Waals surface area (Å²) in [6, 6.07) is 4.14. The molecule has 4 heterocycles. The summed E-state index contributed by atoms with van der Waals surface area (Å²) < 4.78 is 5.21. The fourth-order valence-electron chi connectivity index (χ4n) is 3.87. The number of piperidine rings is 1. The molecule has 3 fully saturated rings. The summed E-state index contributed by atoms with van der Waals surface area (Å²) in [5.74, 6) is 1.25. The monoisotopic (exact) mass is 477 g/mol. The lowest BCUT2D eigenvalue weighted by molar-refractivity contribution is 0.0939. The molecule has 0 atom stereocenters. The van der Waals surface area contributed by atoms with Crippen LogP contribution in [0.15, 0.2) is 18.3 Å². The van der Waals surface area contributed by atoms with Crippen molar-refractivity contribution in [2.45, 2.75) is 50.9 Å². The Balaban J connectivity index is 0.000000526. The van der Waals surface area contributed by atoms with Crippen molar-refractivity contribution in [1.82, 2.24) is 35.5 Å². The van der Waals surface area contributed by atoms with Crippen LogP contribution in [0.3, 0.4) is 0 Å². The molecule has 1 amide bonds. The molecule has 2 aliphatic carbocycles. The van der Waals surface area contributed by atoms with Crippen LogP contribution in [0.5, 0.6) is 6.01 Å². The normalized spacial score (nSPS) is 16.9. The molecule has 0 bridgehead atoms. The second kappa shape index (κ2) is 11.6. The van der Waals surface area contributed by atoms with Crippen molar-refractivity contribution in [2.24, 2.45) is 5.92 Å². The molecule has 184 valence electrons. The van der Waals surface area contributed by atoms with E-state index >= 15 is 0 Å². The summed E-state index contributed by atoms with van der Waals surface area (Å²) >= 11 is 0. The number of anilines is 1. The predicted octanol–water partition coefficient (Wildman–Crippen LogP) is 2.99. The van der Waals surface area contributed by atoms with E-state index in [1.165, 1.54) is 39.2 Å². The number of methoxy groups -OCH3 is 1. The topological polar surface area (TPSA) is 146 Å². The highest BCUT2D eigenvalue weighted by Crippen LogP contribution is 2.32. The summed E-state index contributed by atoms with van der Waals surface area (Å²) in [5, 5.41) is 18.0. The molecule has 0 aromatic carbocycles. The van der Waals surface area contributed by atoms with Crippen molar-refractivity contribution in [3.05, 3.63) is 29.8 Å². The Morgan fingerprint density at radius 2 is 1.91 bits per heavy atom. The van der Waals surface area contributed by atoms with Crippen molar-refractivity contribution in [3.63, 3.8) is 0 Å². The average molecular weight is 478 g/mol. The van der Waals surface area contributed by atoms with E-state index in [0.29, 0.717) is 24.3 Å². The number of ether oxygens (including phenoxy) is 1. The van der Waals surface area contributed by atoms with Gasteiger partial charge in [0.2, 0.25) is 11.8 Å². The molecule has 1 saturated heterocycles. The van der Waals surface area contributed by atoms with Gasteiger partial charge in [-0.25, -0.2) is 10.2 Å². The minimum atomic E-state index is -0.282. The van der Waals surface area contributed by atoms with Crippen LogP contribution < -0.4 is 15.0 Å². The number of hydrogen-bond donors (Lipinski definition) is 2. The number of rotatable bonds is 6. The standard InChI is InChI=1S/C20H24N8O2.C3H6.CHN/c1-30-20-24-17(18(29)22-11-12-4-5-12)23-19(25-20)28-9-6-13(7-10-28)15-14-3-2-8-21-16(14)27-26-15;1-2-3-1;1-2/h2-3,8,12-13H,4-7,9-11H2,1H3,(H,22,29)(H,21,26,27);1-3H2;1H. The average Bonchev–Trinajstić information content (AvgIpc) is 3.86. The van der Waals surface area contributed by atoms with Gasteiger partial charge in [0.25, 0.3) is 5.91 Å². The van der Waals surface area contributed by atoms with Gasteiger partial charge in [-0.05, 0) is 43.7 Å². The van der Waals surface area contributed by atoms with Gasteiger partial charge >= 0.3 is 6.01 Å². The van der Waals surface area contributed by atoms with Gasteiger partial charge in [0.15, 0.2) is 5.65 Å². The van der Waals surface area contributed by atoms with E-state index in [-0.39, 0.29) is 17.7 Å². The molecular weight excluding hydrogens is 446 g/mol. The third kappa shape index (κ3) is 6.41. The Bertz CT molecular complexity index is 1150. The molecule has 6 rings (SSSR count). The number of H-pyrrole nitrogens is 1. The second-order valence-electron chi connectivity index (χ2n) is 8.93. The maximum absolute atomic E-state index is 12.5. The Hall–Kier alpha value is -3.81. The summed E-state index contributed by atoms with van der Waals surface area (Å²) in [5.41, 5.74) is 1.88. The quantitative estimate of drug-likeness (QED) is 0.547. The van der Waals surface area contributed by atoms with Crippen LogP contribution in [0, 0.1) is 17.8 Å². The van der Waals surface area contributed by atoms with Gasteiger partial charge in [-0.15, -0.1) is 0 Å². The smallest absolute Gasteiger partial charge is 0.321 e. The van der Waals surface area contributed by atoms with Crippen molar-refractivity contribution >= 4 is 22.9 Å². The number of aromatic nitrogens is 6. The summed E-state index contributed by atoms with van der Waals surface area (Å²) in [6.45, 7) is 5.70. The van der Waals surface area contributed by atoms with E-state index in [2.05, 4.69) is 53.0 Å². The molecule has 0 radical (unpaired) electrons.